The van der Waals surface area contributed by atoms with Crippen LogP contribution in [0.1, 0.15) is 34.6 Å². The Bertz CT molecular complexity index is 209. The smallest absolute Gasteiger partial charge is 0.332 e. The summed E-state index contributed by atoms with van der Waals surface area (Å²) in [5.74, 6) is 1.74. The van der Waals surface area contributed by atoms with E-state index >= 15 is 0 Å². The Morgan fingerprint density at radius 2 is 1.78 bits per heavy atom. The Morgan fingerprint density at radius 3 is 2.28 bits per heavy atom. The average molecular weight is 259 g/mol. The Hall–Kier alpha value is -0.610. The zero-order chi connectivity index (χ0) is 14.0. The van der Waals surface area contributed by atoms with Crippen molar-refractivity contribution < 1.29 is 14.3 Å². The molecule has 18 heavy (non-hydrogen) atoms. The van der Waals surface area contributed by atoms with E-state index in [1.807, 2.05) is 0 Å². The maximum absolute atomic E-state index is 11.0. The molecule has 0 aliphatic rings. The van der Waals surface area contributed by atoms with Crippen LogP contribution in [-0.2, 0) is 14.3 Å². The molecule has 0 bridgehead atoms. The molecule has 0 heterocycles. The Kier molecular flexibility index (Phi) is 9.98. The summed E-state index contributed by atoms with van der Waals surface area (Å²) in [6.07, 6.45) is 0. The van der Waals surface area contributed by atoms with Gasteiger partial charge in [-0.05, 0) is 31.2 Å². The lowest BCUT2D eigenvalue weighted by Crippen LogP contribution is -2.32. The molecule has 0 atom stereocenters. The quantitative estimate of drug-likeness (QED) is 0.482. The minimum Gasteiger partial charge on any atom is -0.464 e. The lowest BCUT2D eigenvalue weighted by Gasteiger charge is -2.25. The second kappa shape index (κ2) is 10.3. The van der Waals surface area contributed by atoms with Gasteiger partial charge in [-0.3, -0.25) is 0 Å². The number of carbonyl (C=O) groups excluding carboxylic acids is 1. The number of hydrogen-bond acceptors (Lipinski definition) is 4. The number of nitrogens with one attached hydrogen (secondary N) is 1. The highest BCUT2D eigenvalue weighted by Crippen LogP contribution is 2.19. The van der Waals surface area contributed by atoms with Gasteiger partial charge in [0.25, 0.3) is 0 Å². The zero-order valence-electron chi connectivity index (χ0n) is 12.5. The highest BCUT2D eigenvalue weighted by Gasteiger charge is 2.16. The van der Waals surface area contributed by atoms with Crippen molar-refractivity contribution in [2.24, 2.45) is 17.8 Å². The number of rotatable bonds is 10. The van der Waals surface area contributed by atoms with E-state index in [0.717, 1.165) is 13.1 Å². The van der Waals surface area contributed by atoms with Crippen molar-refractivity contribution in [3.05, 3.63) is 0 Å². The van der Waals surface area contributed by atoms with Crippen molar-refractivity contribution in [1.82, 2.24) is 5.32 Å². The van der Waals surface area contributed by atoms with Gasteiger partial charge in [0.15, 0.2) is 0 Å². The van der Waals surface area contributed by atoms with E-state index in [0.29, 0.717) is 31.0 Å². The van der Waals surface area contributed by atoms with Gasteiger partial charge in [0, 0.05) is 6.54 Å². The molecule has 0 aromatic heterocycles. The molecule has 0 aliphatic heterocycles. The Morgan fingerprint density at radius 1 is 1.17 bits per heavy atom. The lowest BCUT2D eigenvalue weighted by atomic mass is 9.85. The molecule has 1 N–H and O–H groups in total. The van der Waals surface area contributed by atoms with Crippen LogP contribution in [0.5, 0.6) is 0 Å². The van der Waals surface area contributed by atoms with Crippen LogP contribution in [-0.4, -0.2) is 38.9 Å². The molecular weight excluding hydrogens is 230 g/mol. The first kappa shape index (κ1) is 17.4. The second-order valence-corrected chi connectivity index (χ2v) is 5.21. The summed E-state index contributed by atoms with van der Waals surface area (Å²) in [6.45, 7) is 13.6. The molecule has 0 fully saturated rings. The van der Waals surface area contributed by atoms with Crippen molar-refractivity contribution in [1.29, 1.82) is 0 Å². The third-order valence-corrected chi connectivity index (χ3v) is 3.04. The van der Waals surface area contributed by atoms with Gasteiger partial charge in [-0.1, -0.05) is 27.7 Å². The van der Waals surface area contributed by atoms with E-state index in [1.165, 1.54) is 0 Å². The van der Waals surface area contributed by atoms with Crippen LogP contribution in [0.25, 0.3) is 0 Å². The topological polar surface area (TPSA) is 47.6 Å². The third-order valence-electron chi connectivity index (χ3n) is 3.04. The lowest BCUT2D eigenvalue weighted by molar-refractivity contribution is -0.148. The molecule has 0 saturated carbocycles. The van der Waals surface area contributed by atoms with Crippen LogP contribution in [0.4, 0.5) is 0 Å². The van der Waals surface area contributed by atoms with Crippen molar-refractivity contribution in [2.45, 2.75) is 34.6 Å². The first-order chi connectivity index (χ1) is 8.49. The summed E-state index contributed by atoms with van der Waals surface area (Å²) in [6, 6.07) is 0. The van der Waals surface area contributed by atoms with E-state index in [-0.39, 0.29) is 12.6 Å². The van der Waals surface area contributed by atoms with Gasteiger partial charge < -0.3 is 14.8 Å². The molecule has 0 amide bonds. The van der Waals surface area contributed by atoms with Gasteiger partial charge in [-0.2, -0.15) is 0 Å². The van der Waals surface area contributed by atoms with Crippen molar-refractivity contribution in [2.75, 3.05) is 32.9 Å². The first-order valence-corrected chi connectivity index (χ1v) is 6.93. The van der Waals surface area contributed by atoms with Crippen LogP contribution in [0.3, 0.4) is 0 Å². The zero-order valence-corrected chi connectivity index (χ0v) is 12.5. The molecule has 0 saturated heterocycles. The molecular formula is C14H29NO3. The largest absolute Gasteiger partial charge is 0.464 e. The monoisotopic (exact) mass is 259 g/mol. The summed E-state index contributed by atoms with van der Waals surface area (Å²) in [5.41, 5.74) is 0. The van der Waals surface area contributed by atoms with Crippen LogP contribution in [0, 0.1) is 17.8 Å². The van der Waals surface area contributed by atoms with E-state index in [9.17, 15) is 4.79 Å². The normalized spacial score (nSPS) is 11.6. The minimum absolute atomic E-state index is 0.0489. The van der Waals surface area contributed by atoms with E-state index in [4.69, 9.17) is 9.47 Å². The minimum atomic E-state index is -0.292. The molecule has 0 radical (unpaired) electrons. The summed E-state index contributed by atoms with van der Waals surface area (Å²) in [4.78, 5) is 11.0. The molecule has 0 rings (SSSR count). The van der Waals surface area contributed by atoms with E-state index in [1.54, 1.807) is 6.92 Å². The molecule has 0 aromatic carbocycles. The van der Waals surface area contributed by atoms with E-state index < -0.39 is 0 Å². The maximum Gasteiger partial charge on any atom is 0.332 e. The second-order valence-electron chi connectivity index (χ2n) is 5.21. The SMILES string of the molecule is CCOC(=O)COCCNCC(C(C)C)C(C)C. The number of hydrogen-bond donors (Lipinski definition) is 1. The van der Waals surface area contributed by atoms with Gasteiger partial charge in [0.1, 0.15) is 6.61 Å². The fourth-order valence-corrected chi connectivity index (χ4v) is 2.01. The fourth-order valence-electron chi connectivity index (χ4n) is 2.01. The van der Waals surface area contributed by atoms with Crippen LogP contribution in [0.15, 0.2) is 0 Å². The molecule has 4 nitrogen and oxygen atoms in total. The highest BCUT2D eigenvalue weighted by atomic mass is 16.6. The molecule has 0 unspecified atom stereocenters. The fraction of sp³-hybridized carbons (Fsp3) is 0.929. The summed E-state index contributed by atoms with van der Waals surface area (Å²) in [7, 11) is 0. The third kappa shape index (κ3) is 8.48. The van der Waals surface area contributed by atoms with Gasteiger partial charge >= 0.3 is 5.97 Å². The first-order valence-electron chi connectivity index (χ1n) is 6.93. The molecule has 108 valence electrons. The van der Waals surface area contributed by atoms with Crippen LogP contribution >= 0.6 is 0 Å². The predicted molar refractivity (Wildman–Crippen MR) is 73.5 cm³/mol. The highest BCUT2D eigenvalue weighted by molar-refractivity contribution is 5.70. The number of carbonyl (C=O) groups is 1. The summed E-state index contributed by atoms with van der Waals surface area (Å²) < 4.78 is 9.98. The van der Waals surface area contributed by atoms with E-state index in [2.05, 4.69) is 33.0 Å². The van der Waals surface area contributed by atoms with Crippen molar-refractivity contribution in [3.63, 3.8) is 0 Å². The number of esters is 1. The maximum atomic E-state index is 11.0. The average Bonchev–Trinajstić information content (AvgIpc) is 2.27. The van der Waals surface area contributed by atoms with Crippen molar-refractivity contribution >= 4 is 5.97 Å². The number of ether oxygens (including phenoxy) is 2. The summed E-state index contributed by atoms with van der Waals surface area (Å²) in [5, 5.41) is 3.38. The molecule has 4 heteroatoms. The van der Waals surface area contributed by atoms with Crippen LogP contribution < -0.4 is 5.32 Å². The molecule has 0 aromatic rings. The van der Waals surface area contributed by atoms with Gasteiger partial charge in [-0.25, -0.2) is 4.79 Å². The molecule has 0 aliphatic carbocycles. The van der Waals surface area contributed by atoms with Gasteiger partial charge in [-0.15, -0.1) is 0 Å². The Balaban J connectivity index is 3.52. The summed E-state index contributed by atoms with van der Waals surface area (Å²) >= 11 is 0. The predicted octanol–water partition coefficient (Wildman–Crippen LogP) is 2.08. The van der Waals surface area contributed by atoms with Gasteiger partial charge in [0.05, 0.1) is 13.2 Å². The van der Waals surface area contributed by atoms with Crippen molar-refractivity contribution in [3.8, 4) is 0 Å². The molecule has 0 spiro atoms. The standard InChI is InChI=1S/C14H29NO3/c1-6-18-14(16)10-17-8-7-15-9-13(11(2)3)12(4)5/h11-13,15H,6-10H2,1-5H3. The van der Waals surface area contributed by atoms with Gasteiger partial charge in [0.2, 0.25) is 0 Å². The van der Waals surface area contributed by atoms with Crippen LogP contribution in [0.2, 0.25) is 0 Å². The Labute approximate surface area is 111 Å².